The summed E-state index contributed by atoms with van der Waals surface area (Å²) in [5.74, 6) is 1.19. The highest BCUT2D eigenvalue weighted by atomic mass is 16.3. The minimum atomic E-state index is 0.104. The Hall–Kier alpha value is -2.07. The molecule has 0 aliphatic carbocycles. The first-order valence-corrected chi connectivity index (χ1v) is 8.76. The predicted molar refractivity (Wildman–Crippen MR) is 92.5 cm³/mol. The zero-order valence-electron chi connectivity index (χ0n) is 14.1. The lowest BCUT2D eigenvalue weighted by Gasteiger charge is -2.46. The van der Waals surface area contributed by atoms with Crippen LogP contribution in [0.2, 0.25) is 0 Å². The molecule has 4 rings (SSSR count). The molecule has 2 unspecified atom stereocenters. The van der Waals surface area contributed by atoms with Gasteiger partial charge in [-0.25, -0.2) is 0 Å². The zero-order chi connectivity index (χ0) is 16.6. The Bertz CT molecular complexity index is 698. The van der Waals surface area contributed by atoms with Crippen molar-refractivity contribution in [1.82, 2.24) is 9.80 Å². The Kier molecular flexibility index (Phi) is 3.93. The van der Waals surface area contributed by atoms with Crippen molar-refractivity contribution in [3.8, 4) is 0 Å². The van der Waals surface area contributed by atoms with Crippen molar-refractivity contribution >= 4 is 5.91 Å². The third kappa shape index (κ3) is 2.55. The van der Waals surface area contributed by atoms with E-state index in [4.69, 9.17) is 4.42 Å². The van der Waals surface area contributed by atoms with Crippen molar-refractivity contribution in [2.45, 2.75) is 37.8 Å². The lowest BCUT2D eigenvalue weighted by Crippen LogP contribution is -2.56. The topological polar surface area (TPSA) is 36.7 Å². The van der Waals surface area contributed by atoms with Gasteiger partial charge in [0.15, 0.2) is 0 Å². The van der Waals surface area contributed by atoms with Gasteiger partial charge in [-0.05, 0) is 37.1 Å². The maximum atomic E-state index is 12.2. The standard InChI is InChI=1S/C20H24N2O2/c1-16(23)22-12-10-20(17-6-3-2-4-7-17)9-11-21(15-19(20)22)14-18-8-5-13-24-18/h2-8,13,19H,9-12,14-15H2,1H3. The van der Waals surface area contributed by atoms with Gasteiger partial charge in [0.25, 0.3) is 0 Å². The second-order valence-corrected chi connectivity index (χ2v) is 7.06. The van der Waals surface area contributed by atoms with Crippen LogP contribution in [0, 0.1) is 0 Å². The normalized spacial score (nSPS) is 27.2. The number of nitrogens with zero attached hydrogens (tertiary/aromatic N) is 2. The summed E-state index contributed by atoms with van der Waals surface area (Å²) in [4.78, 5) is 16.7. The second kappa shape index (κ2) is 6.10. The van der Waals surface area contributed by atoms with E-state index >= 15 is 0 Å². The van der Waals surface area contributed by atoms with Crippen LogP contribution in [0.1, 0.15) is 31.1 Å². The van der Waals surface area contributed by atoms with Crippen molar-refractivity contribution in [2.24, 2.45) is 0 Å². The number of benzene rings is 1. The van der Waals surface area contributed by atoms with Gasteiger partial charge in [0.2, 0.25) is 5.91 Å². The smallest absolute Gasteiger partial charge is 0.219 e. The predicted octanol–water partition coefficient (Wildman–Crippen LogP) is 3.04. The third-order valence-corrected chi connectivity index (χ3v) is 5.83. The van der Waals surface area contributed by atoms with Crippen LogP contribution >= 0.6 is 0 Å². The Morgan fingerprint density at radius 2 is 1.96 bits per heavy atom. The monoisotopic (exact) mass is 324 g/mol. The number of amides is 1. The maximum Gasteiger partial charge on any atom is 0.219 e. The molecule has 0 saturated carbocycles. The van der Waals surface area contributed by atoms with E-state index in [1.54, 1.807) is 13.2 Å². The molecule has 24 heavy (non-hydrogen) atoms. The fraction of sp³-hybridized carbons (Fsp3) is 0.450. The fourth-order valence-electron chi connectivity index (χ4n) is 4.59. The maximum absolute atomic E-state index is 12.2. The summed E-state index contributed by atoms with van der Waals surface area (Å²) in [7, 11) is 0. The third-order valence-electron chi connectivity index (χ3n) is 5.83. The molecule has 2 atom stereocenters. The molecule has 4 nitrogen and oxygen atoms in total. The van der Waals surface area contributed by atoms with Crippen LogP contribution in [0.3, 0.4) is 0 Å². The highest BCUT2D eigenvalue weighted by Gasteiger charge is 2.51. The van der Waals surface area contributed by atoms with Gasteiger partial charge in [-0.3, -0.25) is 9.69 Å². The molecular weight excluding hydrogens is 300 g/mol. The second-order valence-electron chi connectivity index (χ2n) is 7.06. The van der Waals surface area contributed by atoms with Gasteiger partial charge in [-0.1, -0.05) is 30.3 Å². The first-order chi connectivity index (χ1) is 11.7. The van der Waals surface area contributed by atoms with Gasteiger partial charge in [-0.2, -0.15) is 0 Å². The van der Waals surface area contributed by atoms with Crippen molar-refractivity contribution in [3.63, 3.8) is 0 Å². The Morgan fingerprint density at radius 3 is 2.67 bits per heavy atom. The van der Waals surface area contributed by atoms with Crippen molar-refractivity contribution in [2.75, 3.05) is 19.6 Å². The first kappa shape index (κ1) is 15.5. The number of fused-ring (bicyclic) bond motifs is 1. The summed E-state index contributed by atoms with van der Waals surface area (Å²) in [5.41, 5.74) is 1.49. The molecule has 0 bridgehead atoms. The number of likely N-dealkylation sites (tertiary alicyclic amines) is 2. The SMILES string of the molecule is CC(=O)N1CCC2(c3ccccc3)CCN(Cc3ccco3)CC12. The van der Waals surface area contributed by atoms with E-state index in [0.29, 0.717) is 0 Å². The van der Waals surface area contributed by atoms with Gasteiger partial charge in [0, 0.05) is 25.4 Å². The molecule has 3 heterocycles. The number of carbonyl (C=O) groups excluding carboxylic acids is 1. The summed E-state index contributed by atoms with van der Waals surface area (Å²) in [5, 5.41) is 0. The number of rotatable bonds is 3. The van der Waals surface area contributed by atoms with E-state index in [1.165, 1.54) is 5.56 Å². The summed E-state index contributed by atoms with van der Waals surface area (Å²) < 4.78 is 5.51. The number of furan rings is 1. The molecule has 0 spiro atoms. The molecule has 1 aromatic carbocycles. The Balaban J connectivity index is 1.62. The van der Waals surface area contributed by atoms with E-state index in [9.17, 15) is 4.79 Å². The van der Waals surface area contributed by atoms with Gasteiger partial charge >= 0.3 is 0 Å². The Morgan fingerprint density at radius 1 is 1.17 bits per heavy atom. The van der Waals surface area contributed by atoms with Crippen molar-refractivity contribution in [1.29, 1.82) is 0 Å². The van der Waals surface area contributed by atoms with Crippen LogP contribution < -0.4 is 0 Å². The zero-order valence-corrected chi connectivity index (χ0v) is 14.1. The molecule has 4 heteroatoms. The minimum Gasteiger partial charge on any atom is -0.468 e. The first-order valence-electron chi connectivity index (χ1n) is 8.76. The summed E-state index contributed by atoms with van der Waals surface area (Å²) >= 11 is 0. The summed E-state index contributed by atoms with van der Waals surface area (Å²) in [6.45, 7) is 5.34. The summed E-state index contributed by atoms with van der Waals surface area (Å²) in [6, 6.07) is 15.0. The summed E-state index contributed by atoms with van der Waals surface area (Å²) in [6.07, 6.45) is 3.88. The van der Waals surface area contributed by atoms with Gasteiger partial charge in [0.1, 0.15) is 5.76 Å². The molecule has 126 valence electrons. The van der Waals surface area contributed by atoms with E-state index in [0.717, 1.165) is 44.8 Å². The molecule has 2 aliphatic rings. The molecule has 1 amide bonds. The van der Waals surface area contributed by atoms with Crippen LogP contribution in [0.5, 0.6) is 0 Å². The average molecular weight is 324 g/mol. The van der Waals surface area contributed by atoms with E-state index in [-0.39, 0.29) is 17.4 Å². The van der Waals surface area contributed by atoms with Crippen LogP contribution in [0.15, 0.2) is 53.1 Å². The molecule has 1 aromatic heterocycles. The van der Waals surface area contributed by atoms with E-state index in [2.05, 4.69) is 40.1 Å². The van der Waals surface area contributed by atoms with Gasteiger partial charge in [0.05, 0.1) is 18.8 Å². The molecule has 2 aromatic rings. The number of hydrogen-bond donors (Lipinski definition) is 0. The molecule has 0 N–H and O–H groups in total. The lowest BCUT2D eigenvalue weighted by molar-refractivity contribution is -0.131. The quantitative estimate of drug-likeness (QED) is 0.871. The van der Waals surface area contributed by atoms with Crippen molar-refractivity contribution < 1.29 is 9.21 Å². The molecule has 0 radical (unpaired) electrons. The number of piperidine rings is 1. The van der Waals surface area contributed by atoms with Gasteiger partial charge < -0.3 is 9.32 Å². The van der Waals surface area contributed by atoms with Crippen LogP contribution in [0.4, 0.5) is 0 Å². The van der Waals surface area contributed by atoms with Crippen LogP contribution in [-0.4, -0.2) is 41.4 Å². The van der Waals surface area contributed by atoms with Crippen LogP contribution in [-0.2, 0) is 16.8 Å². The molecule has 2 aliphatic heterocycles. The molecular formula is C20H24N2O2. The van der Waals surface area contributed by atoms with Crippen LogP contribution in [0.25, 0.3) is 0 Å². The average Bonchev–Trinajstić information content (AvgIpc) is 3.23. The number of carbonyl (C=O) groups is 1. The number of hydrogen-bond acceptors (Lipinski definition) is 3. The lowest BCUT2D eigenvalue weighted by atomic mass is 9.69. The van der Waals surface area contributed by atoms with Crippen molar-refractivity contribution in [3.05, 3.63) is 60.1 Å². The van der Waals surface area contributed by atoms with E-state index < -0.39 is 0 Å². The molecule has 2 fully saturated rings. The Labute approximate surface area is 143 Å². The highest BCUT2D eigenvalue weighted by molar-refractivity contribution is 5.74. The van der Waals surface area contributed by atoms with Gasteiger partial charge in [-0.15, -0.1) is 0 Å². The largest absolute Gasteiger partial charge is 0.468 e. The van der Waals surface area contributed by atoms with E-state index in [1.807, 2.05) is 12.1 Å². The molecule has 2 saturated heterocycles. The fourth-order valence-corrected chi connectivity index (χ4v) is 4.59. The minimum absolute atomic E-state index is 0.104. The highest BCUT2D eigenvalue weighted by Crippen LogP contribution is 2.46.